The molecule has 3 heteroatoms. The van der Waals surface area contributed by atoms with E-state index in [0.29, 0.717) is 6.61 Å². The molecule has 1 spiro atoms. The third-order valence-electron chi connectivity index (χ3n) is 3.55. The van der Waals surface area contributed by atoms with Crippen LogP contribution in [0.4, 0.5) is 0 Å². The van der Waals surface area contributed by atoms with E-state index in [2.05, 4.69) is 0 Å². The van der Waals surface area contributed by atoms with Gasteiger partial charge in [-0.2, -0.15) is 0 Å². The van der Waals surface area contributed by atoms with Gasteiger partial charge in [-0.15, -0.1) is 0 Å². The van der Waals surface area contributed by atoms with E-state index in [0.717, 1.165) is 12.8 Å². The second kappa shape index (κ2) is 3.23. The number of carbonyl (C=O) groups is 1. The second-order valence-corrected chi connectivity index (χ2v) is 4.41. The Bertz CT molecular complexity index is 243. The number of rotatable bonds is 2. The molecule has 0 aromatic heterocycles. The lowest BCUT2D eigenvalue weighted by Crippen LogP contribution is -2.34. The van der Waals surface area contributed by atoms with Crippen LogP contribution >= 0.6 is 0 Å². The molecule has 2 fully saturated rings. The number of carbonyl (C=O) groups excluding carboxylic acids is 1. The molecule has 3 nitrogen and oxygen atoms in total. The Labute approximate surface area is 84.8 Å². The number of hydrogen-bond donors (Lipinski definition) is 0. The normalized spacial score (nSPS) is 34.1. The van der Waals surface area contributed by atoms with E-state index < -0.39 is 5.60 Å². The highest BCUT2D eigenvalue weighted by molar-refractivity contribution is 5.84. The Kier molecular flexibility index (Phi) is 2.30. The maximum absolute atomic E-state index is 11.7. The van der Waals surface area contributed by atoms with Gasteiger partial charge in [-0.1, -0.05) is 19.3 Å². The van der Waals surface area contributed by atoms with Crippen LogP contribution in [-0.4, -0.2) is 23.8 Å². The standard InChI is InChI=1S/C11H18O3/c1-3-13-9(12)10(2)11(14-10)7-5-4-6-8-11/h3-8H2,1-2H3/t10-/m1/s1. The van der Waals surface area contributed by atoms with Crippen molar-refractivity contribution in [1.82, 2.24) is 0 Å². The highest BCUT2D eigenvalue weighted by Gasteiger charge is 2.71. The van der Waals surface area contributed by atoms with Crippen molar-refractivity contribution in [1.29, 1.82) is 0 Å². The smallest absolute Gasteiger partial charge is 0.341 e. The van der Waals surface area contributed by atoms with Gasteiger partial charge in [0, 0.05) is 0 Å². The zero-order valence-corrected chi connectivity index (χ0v) is 8.97. The van der Waals surface area contributed by atoms with Crippen molar-refractivity contribution in [2.24, 2.45) is 0 Å². The van der Waals surface area contributed by atoms with Gasteiger partial charge in [-0.25, -0.2) is 4.79 Å². The minimum absolute atomic E-state index is 0.169. The van der Waals surface area contributed by atoms with E-state index in [1.807, 2.05) is 13.8 Å². The number of ether oxygens (including phenoxy) is 2. The first-order chi connectivity index (χ1) is 6.65. The minimum Gasteiger partial charge on any atom is -0.464 e. The largest absolute Gasteiger partial charge is 0.464 e. The summed E-state index contributed by atoms with van der Waals surface area (Å²) < 4.78 is 10.7. The summed E-state index contributed by atoms with van der Waals surface area (Å²) >= 11 is 0. The van der Waals surface area contributed by atoms with Crippen LogP contribution in [0.3, 0.4) is 0 Å². The van der Waals surface area contributed by atoms with Crippen LogP contribution in [0.2, 0.25) is 0 Å². The zero-order chi connectivity index (χ0) is 10.2. The molecule has 2 aliphatic rings. The first-order valence-electron chi connectivity index (χ1n) is 5.52. The van der Waals surface area contributed by atoms with Crippen molar-refractivity contribution in [2.45, 2.75) is 57.2 Å². The van der Waals surface area contributed by atoms with E-state index in [9.17, 15) is 4.79 Å². The Morgan fingerprint density at radius 1 is 1.36 bits per heavy atom. The van der Waals surface area contributed by atoms with Crippen LogP contribution in [0.5, 0.6) is 0 Å². The summed E-state index contributed by atoms with van der Waals surface area (Å²) in [7, 11) is 0. The topological polar surface area (TPSA) is 38.8 Å². The zero-order valence-electron chi connectivity index (χ0n) is 8.97. The molecule has 0 bridgehead atoms. The maximum Gasteiger partial charge on any atom is 0.341 e. The Morgan fingerprint density at radius 3 is 2.57 bits per heavy atom. The Morgan fingerprint density at radius 2 is 2.00 bits per heavy atom. The Balaban J connectivity index is 2.02. The van der Waals surface area contributed by atoms with E-state index in [1.54, 1.807) is 0 Å². The third kappa shape index (κ3) is 1.26. The van der Waals surface area contributed by atoms with E-state index in [-0.39, 0.29) is 11.6 Å². The highest BCUT2D eigenvalue weighted by atomic mass is 16.7. The lowest BCUT2D eigenvalue weighted by atomic mass is 9.81. The molecule has 0 radical (unpaired) electrons. The van der Waals surface area contributed by atoms with E-state index in [4.69, 9.17) is 9.47 Å². The van der Waals surface area contributed by atoms with Gasteiger partial charge in [0.15, 0.2) is 5.60 Å². The molecule has 0 aromatic carbocycles. The molecule has 1 heterocycles. The summed E-state index contributed by atoms with van der Waals surface area (Å²) in [4.78, 5) is 11.7. The van der Waals surface area contributed by atoms with Gasteiger partial charge in [0.25, 0.3) is 0 Å². The molecule has 0 N–H and O–H groups in total. The average molecular weight is 198 g/mol. The monoisotopic (exact) mass is 198 g/mol. The van der Waals surface area contributed by atoms with Gasteiger partial charge in [0.2, 0.25) is 0 Å². The highest BCUT2D eigenvalue weighted by Crippen LogP contribution is 2.56. The summed E-state index contributed by atoms with van der Waals surface area (Å²) in [6.45, 7) is 4.14. The molecule has 2 rings (SSSR count). The summed E-state index contributed by atoms with van der Waals surface area (Å²) in [5.41, 5.74) is -0.805. The van der Waals surface area contributed by atoms with Crippen LogP contribution in [0.1, 0.15) is 46.0 Å². The summed E-state index contributed by atoms with van der Waals surface area (Å²) in [5.74, 6) is -0.179. The van der Waals surface area contributed by atoms with Crippen LogP contribution in [-0.2, 0) is 14.3 Å². The lowest BCUT2D eigenvalue weighted by molar-refractivity contribution is -0.148. The predicted octanol–water partition coefficient (Wildman–Crippen LogP) is 2.04. The Hall–Kier alpha value is -0.570. The molecule has 0 unspecified atom stereocenters. The van der Waals surface area contributed by atoms with Crippen molar-refractivity contribution in [2.75, 3.05) is 6.61 Å². The molecule has 1 atom stereocenters. The average Bonchev–Trinajstić information content (AvgIpc) is 2.74. The predicted molar refractivity (Wildman–Crippen MR) is 51.9 cm³/mol. The first-order valence-corrected chi connectivity index (χ1v) is 5.52. The first kappa shape index (κ1) is 9.97. The SMILES string of the molecule is CCOC(=O)[C@@]1(C)OC12CCCCC2. The van der Waals surface area contributed by atoms with Crippen molar-refractivity contribution in [3.8, 4) is 0 Å². The van der Waals surface area contributed by atoms with E-state index in [1.165, 1.54) is 19.3 Å². The molecular formula is C11H18O3. The van der Waals surface area contributed by atoms with Gasteiger partial charge in [0.05, 0.1) is 6.61 Å². The molecule has 1 aliphatic heterocycles. The number of hydrogen-bond acceptors (Lipinski definition) is 3. The molecule has 0 aromatic rings. The lowest BCUT2D eigenvalue weighted by Gasteiger charge is -2.20. The fourth-order valence-electron chi connectivity index (χ4n) is 2.56. The quantitative estimate of drug-likeness (QED) is 0.503. The van der Waals surface area contributed by atoms with Crippen LogP contribution in [0.25, 0.3) is 0 Å². The summed E-state index contributed by atoms with van der Waals surface area (Å²) in [6, 6.07) is 0. The van der Waals surface area contributed by atoms with Crippen molar-refractivity contribution >= 4 is 5.97 Å². The van der Waals surface area contributed by atoms with Gasteiger partial charge in [-0.3, -0.25) is 0 Å². The number of esters is 1. The number of epoxide rings is 1. The van der Waals surface area contributed by atoms with Gasteiger partial charge >= 0.3 is 5.97 Å². The minimum atomic E-state index is -0.635. The van der Waals surface area contributed by atoms with E-state index >= 15 is 0 Å². The van der Waals surface area contributed by atoms with Gasteiger partial charge in [0.1, 0.15) is 5.60 Å². The van der Waals surface area contributed by atoms with Crippen molar-refractivity contribution in [3.63, 3.8) is 0 Å². The van der Waals surface area contributed by atoms with Crippen molar-refractivity contribution < 1.29 is 14.3 Å². The van der Waals surface area contributed by atoms with Gasteiger partial charge in [-0.05, 0) is 26.7 Å². The van der Waals surface area contributed by atoms with Crippen LogP contribution in [0.15, 0.2) is 0 Å². The van der Waals surface area contributed by atoms with Crippen molar-refractivity contribution in [3.05, 3.63) is 0 Å². The molecular weight excluding hydrogens is 180 g/mol. The molecule has 14 heavy (non-hydrogen) atoms. The second-order valence-electron chi connectivity index (χ2n) is 4.41. The maximum atomic E-state index is 11.7. The summed E-state index contributed by atoms with van der Waals surface area (Å²) in [6.07, 6.45) is 5.65. The molecule has 1 saturated carbocycles. The molecule has 1 saturated heterocycles. The molecule has 1 aliphatic carbocycles. The molecule has 0 amide bonds. The third-order valence-corrected chi connectivity index (χ3v) is 3.55. The van der Waals surface area contributed by atoms with Crippen LogP contribution < -0.4 is 0 Å². The summed E-state index contributed by atoms with van der Waals surface area (Å²) in [5, 5.41) is 0. The fourth-order valence-corrected chi connectivity index (χ4v) is 2.56. The fraction of sp³-hybridized carbons (Fsp3) is 0.909. The molecule has 80 valence electrons. The van der Waals surface area contributed by atoms with Crippen LogP contribution in [0, 0.1) is 0 Å². The van der Waals surface area contributed by atoms with Gasteiger partial charge < -0.3 is 9.47 Å².